The predicted octanol–water partition coefficient (Wildman–Crippen LogP) is 3.97. The number of rotatable bonds is 9. The van der Waals surface area contributed by atoms with Gasteiger partial charge in [0.05, 0.1) is 0 Å². The highest BCUT2D eigenvalue weighted by molar-refractivity contribution is 5.92. The summed E-state index contributed by atoms with van der Waals surface area (Å²) < 4.78 is 0. The van der Waals surface area contributed by atoms with Crippen LogP contribution in [0.4, 0.5) is 5.69 Å². The van der Waals surface area contributed by atoms with Crippen LogP contribution in [0.5, 0.6) is 0 Å². The molecule has 0 bridgehead atoms. The van der Waals surface area contributed by atoms with Crippen molar-refractivity contribution in [3.05, 3.63) is 65.7 Å². The molecule has 3 N–H and O–H groups in total. The number of anilines is 1. The molecule has 28 heavy (non-hydrogen) atoms. The number of aryl methyl sites for hydroxylation is 1. The Labute approximate surface area is 168 Å². The van der Waals surface area contributed by atoms with Crippen LogP contribution in [-0.4, -0.2) is 25.5 Å². The zero-order valence-corrected chi connectivity index (χ0v) is 17.2. The van der Waals surface area contributed by atoms with Crippen LogP contribution < -0.4 is 16.0 Å². The van der Waals surface area contributed by atoms with E-state index >= 15 is 0 Å². The summed E-state index contributed by atoms with van der Waals surface area (Å²) in [4.78, 5) is 16.3. The zero-order valence-electron chi connectivity index (χ0n) is 17.2. The number of guanidine groups is 1. The van der Waals surface area contributed by atoms with Gasteiger partial charge in [0.15, 0.2) is 5.96 Å². The van der Waals surface area contributed by atoms with Crippen molar-refractivity contribution in [1.29, 1.82) is 0 Å². The number of carbonyl (C=O) groups excluding carboxylic acids is 1. The maximum atomic E-state index is 12.1. The van der Waals surface area contributed by atoms with Crippen molar-refractivity contribution in [2.24, 2.45) is 10.9 Å². The Balaban J connectivity index is 1.76. The van der Waals surface area contributed by atoms with Crippen LogP contribution in [0.25, 0.3) is 0 Å². The normalized spacial score (nSPS) is 12.3. The topological polar surface area (TPSA) is 65.5 Å². The first-order chi connectivity index (χ1) is 13.6. The van der Waals surface area contributed by atoms with Crippen LogP contribution in [0.15, 0.2) is 59.6 Å². The van der Waals surface area contributed by atoms with Crippen molar-refractivity contribution in [2.75, 3.05) is 18.9 Å². The van der Waals surface area contributed by atoms with E-state index in [4.69, 9.17) is 0 Å². The van der Waals surface area contributed by atoms with E-state index in [1.165, 1.54) is 5.56 Å². The summed E-state index contributed by atoms with van der Waals surface area (Å²) in [6.45, 7) is 5.46. The molecule has 0 aromatic heterocycles. The standard InChI is InChI=1S/C23H32N4O/c1-4-18(2)22(28)27-21-14-8-12-20(16-21)17-26-23(24-3)25-15-9-13-19-10-6-5-7-11-19/h5-8,10-12,14,16,18H,4,9,13,15,17H2,1-3H3,(H,27,28)(H2,24,25,26). The van der Waals surface area contributed by atoms with E-state index in [0.29, 0.717) is 6.54 Å². The van der Waals surface area contributed by atoms with Crippen molar-refractivity contribution >= 4 is 17.6 Å². The second-order valence-corrected chi connectivity index (χ2v) is 6.94. The number of nitrogens with one attached hydrogen (secondary N) is 3. The Morgan fingerprint density at radius 2 is 1.79 bits per heavy atom. The van der Waals surface area contributed by atoms with Gasteiger partial charge in [-0.25, -0.2) is 0 Å². The molecule has 2 aromatic rings. The third kappa shape index (κ3) is 7.43. The number of benzene rings is 2. The van der Waals surface area contributed by atoms with Gasteiger partial charge in [-0.1, -0.05) is 56.3 Å². The summed E-state index contributed by atoms with van der Waals surface area (Å²) in [5, 5.41) is 9.65. The fourth-order valence-corrected chi connectivity index (χ4v) is 2.76. The smallest absolute Gasteiger partial charge is 0.227 e. The maximum Gasteiger partial charge on any atom is 0.227 e. The molecule has 1 amide bonds. The maximum absolute atomic E-state index is 12.1. The molecule has 0 fully saturated rings. The SMILES string of the molecule is CCC(C)C(=O)Nc1cccc(CNC(=NC)NCCCc2ccccc2)c1. The molecule has 2 rings (SSSR count). The van der Waals surface area contributed by atoms with E-state index in [1.54, 1.807) is 7.05 Å². The van der Waals surface area contributed by atoms with E-state index in [2.05, 4.69) is 45.2 Å². The van der Waals surface area contributed by atoms with E-state index in [-0.39, 0.29) is 11.8 Å². The summed E-state index contributed by atoms with van der Waals surface area (Å²) in [7, 11) is 1.77. The fourth-order valence-electron chi connectivity index (χ4n) is 2.76. The van der Waals surface area contributed by atoms with Crippen molar-refractivity contribution in [1.82, 2.24) is 10.6 Å². The second-order valence-electron chi connectivity index (χ2n) is 6.94. The molecule has 1 unspecified atom stereocenters. The van der Waals surface area contributed by atoms with Gasteiger partial charge in [0.25, 0.3) is 0 Å². The molecular weight excluding hydrogens is 348 g/mol. The number of nitrogens with zero attached hydrogens (tertiary/aromatic N) is 1. The average molecular weight is 381 g/mol. The van der Waals surface area contributed by atoms with Gasteiger partial charge in [-0.05, 0) is 42.5 Å². The lowest BCUT2D eigenvalue weighted by atomic mass is 10.1. The Kier molecular flexibility index (Phi) is 9.05. The van der Waals surface area contributed by atoms with E-state index in [9.17, 15) is 4.79 Å². The molecule has 1 atom stereocenters. The Hall–Kier alpha value is -2.82. The first-order valence-corrected chi connectivity index (χ1v) is 10.0. The lowest BCUT2D eigenvalue weighted by molar-refractivity contribution is -0.119. The van der Waals surface area contributed by atoms with Crippen LogP contribution in [-0.2, 0) is 17.8 Å². The molecule has 2 aromatic carbocycles. The Morgan fingerprint density at radius 1 is 1.04 bits per heavy atom. The zero-order chi connectivity index (χ0) is 20.2. The molecule has 0 spiro atoms. The van der Waals surface area contributed by atoms with Gasteiger partial charge in [0, 0.05) is 31.7 Å². The van der Waals surface area contributed by atoms with Crippen LogP contribution >= 0.6 is 0 Å². The van der Waals surface area contributed by atoms with Crippen molar-refractivity contribution in [3.63, 3.8) is 0 Å². The average Bonchev–Trinajstić information content (AvgIpc) is 2.73. The molecule has 0 heterocycles. The number of aliphatic imine (C=N–C) groups is 1. The molecule has 0 aliphatic carbocycles. The first kappa shape index (κ1) is 21.5. The molecule has 5 nitrogen and oxygen atoms in total. The molecule has 0 radical (unpaired) electrons. The summed E-state index contributed by atoms with van der Waals surface area (Å²) >= 11 is 0. The molecule has 150 valence electrons. The Bertz CT molecular complexity index is 758. The largest absolute Gasteiger partial charge is 0.356 e. The monoisotopic (exact) mass is 380 g/mol. The highest BCUT2D eigenvalue weighted by Crippen LogP contribution is 2.13. The van der Waals surface area contributed by atoms with Gasteiger partial charge in [-0.3, -0.25) is 9.79 Å². The minimum absolute atomic E-state index is 0.0145. The lowest BCUT2D eigenvalue weighted by Gasteiger charge is -2.13. The van der Waals surface area contributed by atoms with Crippen LogP contribution in [0.2, 0.25) is 0 Å². The second kappa shape index (κ2) is 11.8. The van der Waals surface area contributed by atoms with Crippen LogP contribution in [0.3, 0.4) is 0 Å². The highest BCUT2D eigenvalue weighted by Gasteiger charge is 2.10. The van der Waals surface area contributed by atoms with Gasteiger partial charge < -0.3 is 16.0 Å². The van der Waals surface area contributed by atoms with Gasteiger partial charge in [0.2, 0.25) is 5.91 Å². The number of hydrogen-bond donors (Lipinski definition) is 3. The Morgan fingerprint density at radius 3 is 2.50 bits per heavy atom. The van der Waals surface area contributed by atoms with Gasteiger partial charge in [-0.15, -0.1) is 0 Å². The summed E-state index contributed by atoms with van der Waals surface area (Å²) in [6, 6.07) is 18.4. The molecule has 0 aliphatic rings. The number of amides is 1. The lowest BCUT2D eigenvalue weighted by Crippen LogP contribution is -2.37. The first-order valence-electron chi connectivity index (χ1n) is 10.0. The summed E-state index contributed by atoms with van der Waals surface area (Å²) in [6.07, 6.45) is 2.92. The van der Waals surface area contributed by atoms with Gasteiger partial charge in [0.1, 0.15) is 0 Å². The van der Waals surface area contributed by atoms with Crippen molar-refractivity contribution in [2.45, 2.75) is 39.7 Å². The molecule has 0 saturated carbocycles. The van der Waals surface area contributed by atoms with E-state index < -0.39 is 0 Å². The molecular formula is C23H32N4O. The van der Waals surface area contributed by atoms with E-state index in [0.717, 1.165) is 43.0 Å². The highest BCUT2D eigenvalue weighted by atomic mass is 16.1. The third-order valence-corrected chi connectivity index (χ3v) is 4.72. The van der Waals surface area contributed by atoms with Gasteiger partial charge in [-0.2, -0.15) is 0 Å². The van der Waals surface area contributed by atoms with Crippen LogP contribution in [0, 0.1) is 5.92 Å². The molecule has 0 aliphatic heterocycles. The fraction of sp³-hybridized carbons (Fsp3) is 0.391. The molecule has 5 heteroatoms. The molecule has 0 saturated heterocycles. The number of hydrogen-bond acceptors (Lipinski definition) is 2. The summed E-state index contributed by atoms with van der Waals surface area (Å²) in [5.41, 5.74) is 3.27. The van der Waals surface area contributed by atoms with Crippen LogP contribution in [0.1, 0.15) is 37.8 Å². The quantitative estimate of drug-likeness (QED) is 0.350. The van der Waals surface area contributed by atoms with Crippen molar-refractivity contribution in [3.8, 4) is 0 Å². The minimum atomic E-state index is 0.0145. The third-order valence-electron chi connectivity index (χ3n) is 4.72. The summed E-state index contributed by atoms with van der Waals surface area (Å²) in [5.74, 6) is 0.853. The van der Waals surface area contributed by atoms with Gasteiger partial charge >= 0.3 is 0 Å². The minimum Gasteiger partial charge on any atom is -0.356 e. The van der Waals surface area contributed by atoms with Crippen molar-refractivity contribution < 1.29 is 4.79 Å². The predicted molar refractivity (Wildman–Crippen MR) is 117 cm³/mol. The van der Waals surface area contributed by atoms with E-state index in [1.807, 2.05) is 44.2 Å². The number of carbonyl (C=O) groups is 1.